The summed E-state index contributed by atoms with van der Waals surface area (Å²) < 4.78 is 2.16. The number of anilines is 3. The van der Waals surface area contributed by atoms with Crippen LogP contribution in [0.25, 0.3) is 0 Å². The first-order chi connectivity index (χ1) is 11.2. The van der Waals surface area contributed by atoms with Crippen LogP contribution >= 0.6 is 43.6 Å². The van der Waals surface area contributed by atoms with Gasteiger partial charge in [-0.3, -0.25) is 0 Å². The van der Waals surface area contributed by atoms with E-state index in [1.165, 1.54) is 4.90 Å². The molecule has 0 fully saturated rings. The number of rotatable bonds is 4. The van der Waals surface area contributed by atoms with E-state index in [-0.39, 0.29) is 0 Å². The molecule has 23 heavy (non-hydrogen) atoms. The Morgan fingerprint density at radius 1 is 0.609 bits per heavy atom. The number of nitrogens with zero attached hydrogens (tertiary/aromatic N) is 1. The fourth-order valence-corrected chi connectivity index (χ4v) is 3.30. The first-order valence-corrected chi connectivity index (χ1v) is 9.94. The molecule has 3 aromatic rings. The van der Waals surface area contributed by atoms with Gasteiger partial charge in [-0.1, -0.05) is 31.9 Å². The van der Waals surface area contributed by atoms with Crippen LogP contribution in [-0.4, -0.2) is 6.26 Å². The maximum Gasteiger partial charge on any atom is 0.0462 e. The Kier molecular flexibility index (Phi) is 5.46. The van der Waals surface area contributed by atoms with Crippen molar-refractivity contribution in [1.29, 1.82) is 0 Å². The van der Waals surface area contributed by atoms with Crippen LogP contribution in [0, 0.1) is 0 Å². The predicted octanol–water partition coefficient (Wildman–Crippen LogP) is 7.40. The second-order valence-corrected chi connectivity index (χ2v) is 7.70. The highest BCUT2D eigenvalue weighted by Gasteiger charge is 2.12. The zero-order valence-electron chi connectivity index (χ0n) is 12.5. The fourth-order valence-electron chi connectivity index (χ4n) is 2.36. The minimum Gasteiger partial charge on any atom is -0.311 e. The van der Waals surface area contributed by atoms with E-state index in [1.54, 1.807) is 11.8 Å². The molecule has 0 heterocycles. The van der Waals surface area contributed by atoms with E-state index < -0.39 is 0 Å². The summed E-state index contributed by atoms with van der Waals surface area (Å²) in [5.74, 6) is 0. The molecule has 116 valence electrons. The van der Waals surface area contributed by atoms with Crippen molar-refractivity contribution in [1.82, 2.24) is 0 Å². The topological polar surface area (TPSA) is 3.24 Å². The molecule has 0 N–H and O–H groups in total. The molecule has 0 aromatic heterocycles. The average Bonchev–Trinajstić information content (AvgIpc) is 2.59. The van der Waals surface area contributed by atoms with Crippen molar-refractivity contribution in [2.45, 2.75) is 4.90 Å². The monoisotopic (exact) mass is 447 g/mol. The van der Waals surface area contributed by atoms with Crippen LogP contribution < -0.4 is 4.90 Å². The molecule has 0 aliphatic rings. The zero-order chi connectivity index (χ0) is 16.2. The second kappa shape index (κ2) is 7.56. The van der Waals surface area contributed by atoms with Crippen LogP contribution in [-0.2, 0) is 0 Å². The Bertz CT molecular complexity index is 722. The van der Waals surface area contributed by atoms with Crippen LogP contribution in [0.15, 0.2) is 86.6 Å². The SMILES string of the molecule is CSc1ccc(N(c2ccc(Br)cc2)c2ccc(Br)cc2)cc1. The maximum atomic E-state index is 3.51. The minimum absolute atomic E-state index is 1.08. The summed E-state index contributed by atoms with van der Waals surface area (Å²) in [6.45, 7) is 0. The molecule has 0 aliphatic carbocycles. The highest BCUT2D eigenvalue weighted by Crippen LogP contribution is 2.36. The number of thioether (sulfide) groups is 1. The molecule has 0 atom stereocenters. The molecule has 3 aromatic carbocycles. The Morgan fingerprint density at radius 2 is 0.957 bits per heavy atom. The highest BCUT2D eigenvalue weighted by atomic mass is 79.9. The van der Waals surface area contributed by atoms with Crippen LogP contribution in [0.1, 0.15) is 0 Å². The normalized spacial score (nSPS) is 10.6. The minimum atomic E-state index is 1.08. The lowest BCUT2D eigenvalue weighted by Crippen LogP contribution is -2.09. The lowest BCUT2D eigenvalue weighted by molar-refractivity contribution is 1.27. The van der Waals surface area contributed by atoms with Crippen LogP contribution in [0.3, 0.4) is 0 Å². The van der Waals surface area contributed by atoms with Gasteiger partial charge in [-0.15, -0.1) is 11.8 Å². The molecule has 0 saturated heterocycles. The molecular weight excluding hydrogens is 434 g/mol. The van der Waals surface area contributed by atoms with Gasteiger partial charge in [0.25, 0.3) is 0 Å². The Hall–Kier alpha value is -1.23. The van der Waals surface area contributed by atoms with Crippen LogP contribution in [0.5, 0.6) is 0 Å². The molecule has 1 nitrogen and oxygen atoms in total. The van der Waals surface area contributed by atoms with E-state index in [2.05, 4.69) is 116 Å². The molecule has 4 heteroatoms. The van der Waals surface area contributed by atoms with E-state index in [1.807, 2.05) is 0 Å². The summed E-state index contributed by atoms with van der Waals surface area (Å²) in [6.07, 6.45) is 2.09. The van der Waals surface area contributed by atoms with Gasteiger partial charge < -0.3 is 4.90 Å². The van der Waals surface area contributed by atoms with E-state index in [4.69, 9.17) is 0 Å². The Morgan fingerprint density at radius 3 is 1.30 bits per heavy atom. The highest BCUT2D eigenvalue weighted by molar-refractivity contribution is 9.10. The van der Waals surface area contributed by atoms with Crippen molar-refractivity contribution >= 4 is 60.7 Å². The molecular formula is C19H15Br2NS. The first-order valence-electron chi connectivity index (χ1n) is 7.13. The van der Waals surface area contributed by atoms with E-state index in [0.29, 0.717) is 0 Å². The van der Waals surface area contributed by atoms with Gasteiger partial charge in [0.2, 0.25) is 0 Å². The van der Waals surface area contributed by atoms with Gasteiger partial charge in [-0.2, -0.15) is 0 Å². The van der Waals surface area contributed by atoms with Crippen molar-refractivity contribution in [2.75, 3.05) is 11.2 Å². The fraction of sp³-hybridized carbons (Fsp3) is 0.0526. The summed E-state index contributed by atoms with van der Waals surface area (Å²) in [5.41, 5.74) is 3.41. The Labute approximate surface area is 158 Å². The third-order valence-corrected chi connectivity index (χ3v) is 5.30. The van der Waals surface area contributed by atoms with Crippen molar-refractivity contribution < 1.29 is 0 Å². The van der Waals surface area contributed by atoms with Crippen molar-refractivity contribution in [3.63, 3.8) is 0 Å². The quantitative estimate of drug-likeness (QED) is 0.382. The molecule has 0 saturated carbocycles. The molecule has 0 unspecified atom stereocenters. The predicted molar refractivity (Wildman–Crippen MR) is 108 cm³/mol. The summed E-state index contributed by atoms with van der Waals surface area (Å²) in [6, 6.07) is 25.4. The summed E-state index contributed by atoms with van der Waals surface area (Å²) in [4.78, 5) is 3.52. The van der Waals surface area contributed by atoms with Gasteiger partial charge in [-0.25, -0.2) is 0 Å². The van der Waals surface area contributed by atoms with Crippen molar-refractivity contribution in [3.05, 3.63) is 81.7 Å². The van der Waals surface area contributed by atoms with Gasteiger partial charge in [0.1, 0.15) is 0 Å². The van der Waals surface area contributed by atoms with Gasteiger partial charge >= 0.3 is 0 Å². The molecule has 0 amide bonds. The largest absolute Gasteiger partial charge is 0.311 e. The second-order valence-electron chi connectivity index (χ2n) is 4.99. The summed E-state index contributed by atoms with van der Waals surface area (Å²) in [7, 11) is 0. The molecule has 3 rings (SSSR count). The van der Waals surface area contributed by atoms with Crippen LogP contribution in [0.4, 0.5) is 17.1 Å². The van der Waals surface area contributed by atoms with Gasteiger partial charge in [0.05, 0.1) is 0 Å². The van der Waals surface area contributed by atoms with E-state index in [9.17, 15) is 0 Å². The maximum absolute atomic E-state index is 3.51. The van der Waals surface area contributed by atoms with Crippen molar-refractivity contribution in [2.24, 2.45) is 0 Å². The van der Waals surface area contributed by atoms with E-state index >= 15 is 0 Å². The lowest BCUT2D eigenvalue weighted by atomic mass is 10.2. The zero-order valence-corrected chi connectivity index (χ0v) is 16.5. The molecule has 0 spiro atoms. The first kappa shape index (κ1) is 16.6. The molecule has 0 bridgehead atoms. The third-order valence-electron chi connectivity index (χ3n) is 3.50. The summed E-state index contributed by atoms with van der Waals surface area (Å²) >= 11 is 8.77. The molecule has 0 aliphatic heterocycles. The standard InChI is InChI=1S/C19H15Br2NS/c1-23-19-12-10-18(11-13-19)22(16-6-2-14(20)3-7-16)17-8-4-15(21)5-9-17/h2-13H,1H3. The van der Waals surface area contributed by atoms with Crippen LogP contribution in [0.2, 0.25) is 0 Å². The molecule has 0 radical (unpaired) electrons. The van der Waals surface area contributed by atoms with Gasteiger partial charge in [-0.05, 0) is 79.1 Å². The van der Waals surface area contributed by atoms with Gasteiger partial charge in [0, 0.05) is 30.9 Å². The number of benzene rings is 3. The lowest BCUT2D eigenvalue weighted by Gasteiger charge is -2.25. The third kappa shape index (κ3) is 4.00. The number of hydrogen-bond acceptors (Lipinski definition) is 2. The van der Waals surface area contributed by atoms with E-state index in [0.717, 1.165) is 26.0 Å². The number of halogens is 2. The van der Waals surface area contributed by atoms with Crippen molar-refractivity contribution in [3.8, 4) is 0 Å². The average molecular weight is 449 g/mol. The Balaban J connectivity index is 2.08. The van der Waals surface area contributed by atoms with Gasteiger partial charge in [0.15, 0.2) is 0 Å². The summed E-state index contributed by atoms with van der Waals surface area (Å²) in [5, 5.41) is 0. The smallest absolute Gasteiger partial charge is 0.0462 e. The number of hydrogen-bond donors (Lipinski definition) is 0.